The van der Waals surface area contributed by atoms with Crippen molar-refractivity contribution in [2.75, 3.05) is 14.2 Å². The van der Waals surface area contributed by atoms with E-state index >= 15 is 0 Å². The van der Waals surface area contributed by atoms with Crippen molar-refractivity contribution in [3.05, 3.63) is 23.8 Å². The zero-order valence-electron chi connectivity index (χ0n) is 12.4. The fourth-order valence-corrected chi connectivity index (χ4v) is 2.34. The van der Waals surface area contributed by atoms with Crippen LogP contribution in [0, 0.1) is 5.92 Å². The van der Waals surface area contributed by atoms with Gasteiger partial charge in [-0.2, -0.15) is 0 Å². The molecule has 0 aliphatic rings. The summed E-state index contributed by atoms with van der Waals surface area (Å²) in [6, 6.07) is 6.29. The van der Waals surface area contributed by atoms with Gasteiger partial charge in [-0.15, -0.1) is 0 Å². The predicted octanol–water partition coefficient (Wildman–Crippen LogP) is 2.51. The van der Waals surface area contributed by atoms with Crippen LogP contribution in [-0.4, -0.2) is 20.3 Å². The summed E-state index contributed by atoms with van der Waals surface area (Å²) in [5, 5.41) is 0. The monoisotopic (exact) mass is 266 g/mol. The molecule has 2 unspecified atom stereocenters. The van der Waals surface area contributed by atoms with E-state index in [9.17, 15) is 0 Å². The SMILES string of the molecule is CCCC(C)C(Cc1ccc(OC)c(OC)c1)NN. The van der Waals surface area contributed by atoms with E-state index in [2.05, 4.69) is 25.3 Å². The van der Waals surface area contributed by atoms with Crippen molar-refractivity contribution >= 4 is 0 Å². The second-order valence-electron chi connectivity index (χ2n) is 4.93. The average Bonchev–Trinajstić information content (AvgIpc) is 2.44. The highest BCUT2D eigenvalue weighted by molar-refractivity contribution is 5.43. The van der Waals surface area contributed by atoms with E-state index in [4.69, 9.17) is 15.3 Å². The van der Waals surface area contributed by atoms with Gasteiger partial charge in [-0.05, 0) is 36.5 Å². The first-order valence-electron chi connectivity index (χ1n) is 6.83. The summed E-state index contributed by atoms with van der Waals surface area (Å²) in [5.41, 5.74) is 4.13. The minimum atomic E-state index is 0.276. The molecular formula is C15H26N2O2. The molecule has 108 valence electrons. The van der Waals surface area contributed by atoms with Gasteiger partial charge in [0.05, 0.1) is 14.2 Å². The van der Waals surface area contributed by atoms with Crippen LogP contribution in [0.5, 0.6) is 11.5 Å². The largest absolute Gasteiger partial charge is 0.493 e. The van der Waals surface area contributed by atoms with Crippen LogP contribution >= 0.6 is 0 Å². The molecule has 0 bridgehead atoms. The molecule has 0 amide bonds. The Bertz CT molecular complexity index is 382. The van der Waals surface area contributed by atoms with Crippen molar-refractivity contribution < 1.29 is 9.47 Å². The Labute approximate surface area is 116 Å². The molecule has 4 heteroatoms. The Balaban J connectivity index is 2.79. The summed E-state index contributed by atoms with van der Waals surface area (Å²) in [5.74, 6) is 7.73. The van der Waals surface area contributed by atoms with Crippen molar-refractivity contribution in [1.29, 1.82) is 0 Å². The van der Waals surface area contributed by atoms with Crippen LogP contribution in [0.2, 0.25) is 0 Å². The summed E-state index contributed by atoms with van der Waals surface area (Å²) in [4.78, 5) is 0. The van der Waals surface area contributed by atoms with E-state index in [1.54, 1.807) is 14.2 Å². The van der Waals surface area contributed by atoms with Gasteiger partial charge >= 0.3 is 0 Å². The van der Waals surface area contributed by atoms with Crippen molar-refractivity contribution in [3.63, 3.8) is 0 Å². The second kappa shape index (κ2) is 8.02. The van der Waals surface area contributed by atoms with Crippen LogP contribution < -0.4 is 20.7 Å². The Morgan fingerprint density at radius 2 is 1.89 bits per heavy atom. The third-order valence-electron chi connectivity index (χ3n) is 3.55. The maximum atomic E-state index is 5.67. The summed E-state index contributed by atoms with van der Waals surface area (Å²) >= 11 is 0. The summed E-state index contributed by atoms with van der Waals surface area (Å²) in [6.45, 7) is 4.43. The molecule has 0 saturated carbocycles. The quantitative estimate of drug-likeness (QED) is 0.561. The highest BCUT2D eigenvalue weighted by atomic mass is 16.5. The summed E-state index contributed by atoms with van der Waals surface area (Å²) in [6.07, 6.45) is 3.23. The van der Waals surface area contributed by atoms with Gasteiger partial charge in [0.25, 0.3) is 0 Å². The van der Waals surface area contributed by atoms with Gasteiger partial charge in [0.1, 0.15) is 0 Å². The molecule has 0 aliphatic heterocycles. The number of rotatable bonds is 8. The lowest BCUT2D eigenvalue weighted by atomic mass is 9.92. The predicted molar refractivity (Wildman–Crippen MR) is 78.4 cm³/mol. The molecule has 0 aromatic heterocycles. The standard InChI is InChI=1S/C15H26N2O2/c1-5-6-11(2)13(17-16)9-12-7-8-14(18-3)15(10-12)19-4/h7-8,10-11,13,17H,5-6,9,16H2,1-4H3. The van der Waals surface area contributed by atoms with Gasteiger partial charge in [-0.1, -0.05) is 26.3 Å². The third kappa shape index (κ3) is 4.40. The second-order valence-corrected chi connectivity index (χ2v) is 4.93. The molecule has 0 fully saturated rings. The van der Waals surface area contributed by atoms with E-state index < -0.39 is 0 Å². The molecule has 0 heterocycles. The van der Waals surface area contributed by atoms with Crippen LogP contribution in [0.25, 0.3) is 0 Å². The lowest BCUT2D eigenvalue weighted by molar-refractivity contribution is 0.348. The smallest absolute Gasteiger partial charge is 0.160 e. The number of methoxy groups -OCH3 is 2. The van der Waals surface area contributed by atoms with E-state index in [1.807, 2.05) is 12.1 Å². The molecule has 0 aliphatic carbocycles. The zero-order chi connectivity index (χ0) is 14.3. The topological polar surface area (TPSA) is 56.5 Å². The van der Waals surface area contributed by atoms with Crippen LogP contribution in [0.3, 0.4) is 0 Å². The molecule has 0 radical (unpaired) electrons. The normalized spacial score (nSPS) is 13.9. The first-order chi connectivity index (χ1) is 9.15. The van der Waals surface area contributed by atoms with E-state index in [-0.39, 0.29) is 6.04 Å². The van der Waals surface area contributed by atoms with Crippen LogP contribution in [-0.2, 0) is 6.42 Å². The van der Waals surface area contributed by atoms with Crippen LogP contribution in [0.1, 0.15) is 32.3 Å². The molecule has 0 saturated heterocycles. The molecule has 2 atom stereocenters. The van der Waals surface area contributed by atoms with Gasteiger partial charge in [0, 0.05) is 6.04 Å². The lowest BCUT2D eigenvalue weighted by Crippen LogP contribution is -2.41. The minimum absolute atomic E-state index is 0.276. The van der Waals surface area contributed by atoms with Crippen LogP contribution in [0.15, 0.2) is 18.2 Å². The highest BCUT2D eigenvalue weighted by Crippen LogP contribution is 2.28. The number of hydrogen-bond donors (Lipinski definition) is 2. The van der Waals surface area contributed by atoms with Gasteiger partial charge in [0.15, 0.2) is 11.5 Å². The molecule has 3 N–H and O–H groups in total. The average molecular weight is 266 g/mol. The van der Waals surface area contributed by atoms with Crippen molar-refractivity contribution in [2.24, 2.45) is 11.8 Å². The summed E-state index contributed by atoms with van der Waals surface area (Å²) < 4.78 is 10.6. The fourth-order valence-electron chi connectivity index (χ4n) is 2.34. The Kier molecular flexibility index (Phi) is 6.67. The van der Waals surface area contributed by atoms with Gasteiger partial charge in [-0.25, -0.2) is 0 Å². The number of benzene rings is 1. The zero-order valence-corrected chi connectivity index (χ0v) is 12.4. The fraction of sp³-hybridized carbons (Fsp3) is 0.600. The minimum Gasteiger partial charge on any atom is -0.493 e. The van der Waals surface area contributed by atoms with Gasteiger partial charge in [0.2, 0.25) is 0 Å². The lowest BCUT2D eigenvalue weighted by Gasteiger charge is -2.23. The molecule has 1 rings (SSSR count). The highest BCUT2D eigenvalue weighted by Gasteiger charge is 2.16. The van der Waals surface area contributed by atoms with Crippen molar-refractivity contribution in [3.8, 4) is 11.5 Å². The first-order valence-corrected chi connectivity index (χ1v) is 6.83. The van der Waals surface area contributed by atoms with Crippen molar-refractivity contribution in [2.45, 2.75) is 39.2 Å². The number of hydrazine groups is 1. The van der Waals surface area contributed by atoms with Crippen molar-refractivity contribution in [1.82, 2.24) is 5.43 Å². The van der Waals surface area contributed by atoms with E-state index in [1.165, 1.54) is 18.4 Å². The van der Waals surface area contributed by atoms with E-state index in [0.29, 0.717) is 5.92 Å². The Hall–Kier alpha value is -1.26. The molecule has 1 aromatic carbocycles. The number of hydrogen-bond acceptors (Lipinski definition) is 4. The Morgan fingerprint density at radius 3 is 2.42 bits per heavy atom. The molecular weight excluding hydrogens is 240 g/mol. The number of nitrogens with two attached hydrogens (primary N) is 1. The van der Waals surface area contributed by atoms with Crippen LogP contribution in [0.4, 0.5) is 0 Å². The molecule has 4 nitrogen and oxygen atoms in total. The maximum absolute atomic E-state index is 5.67. The number of nitrogens with one attached hydrogen (secondary N) is 1. The first kappa shape index (κ1) is 15.8. The third-order valence-corrected chi connectivity index (χ3v) is 3.55. The maximum Gasteiger partial charge on any atom is 0.160 e. The molecule has 0 spiro atoms. The van der Waals surface area contributed by atoms with Gasteiger partial charge in [-0.3, -0.25) is 11.3 Å². The molecule has 19 heavy (non-hydrogen) atoms. The van der Waals surface area contributed by atoms with Gasteiger partial charge < -0.3 is 9.47 Å². The summed E-state index contributed by atoms with van der Waals surface area (Å²) in [7, 11) is 3.30. The Morgan fingerprint density at radius 1 is 1.21 bits per heavy atom. The van der Waals surface area contributed by atoms with E-state index in [0.717, 1.165) is 17.9 Å². The number of ether oxygens (including phenoxy) is 2. The molecule has 1 aromatic rings.